The molecule has 0 spiro atoms. The lowest BCUT2D eigenvalue weighted by Crippen LogP contribution is -2.54. The number of carboxylic acid groups (broad SMARTS) is 2. The minimum Gasteiger partial charge on any atom is -0.475 e. The zero-order valence-corrected chi connectivity index (χ0v) is 12.5. The molecule has 0 aromatic heterocycles. The maximum Gasteiger partial charge on any atom is 0.453 e. The first-order valence-corrected chi connectivity index (χ1v) is 6.74. The van der Waals surface area contributed by atoms with E-state index in [9.17, 15) is 9.59 Å². The molecule has 2 N–H and O–H groups in total. The van der Waals surface area contributed by atoms with Gasteiger partial charge in [0.15, 0.2) is 11.5 Å². The summed E-state index contributed by atoms with van der Waals surface area (Å²) in [5.74, 6) is -5.91. The molecule has 7 heteroatoms. The van der Waals surface area contributed by atoms with Crippen molar-refractivity contribution in [2.75, 3.05) is 0 Å². The van der Waals surface area contributed by atoms with E-state index >= 15 is 0 Å². The number of rotatable bonds is 4. The molecule has 0 radical (unpaired) electrons. The second-order valence-electron chi connectivity index (χ2n) is 5.04. The molecule has 0 saturated carbocycles. The van der Waals surface area contributed by atoms with E-state index in [2.05, 4.69) is 0 Å². The van der Waals surface area contributed by atoms with Crippen molar-refractivity contribution in [3.63, 3.8) is 0 Å². The van der Waals surface area contributed by atoms with E-state index in [1.807, 2.05) is 13.8 Å². The third kappa shape index (κ3) is 2.40. The standard InChI is InChI=1S/C14H15ClO6/c1-6-4-10-11(8(3)9(6)5-7(2)15)21-14(20-10,12(16)17)13(18)19/h4,7H,5H2,1-3H3,(H,16,17)(H,18,19)/t7-/m0/s1. The number of aryl methyl sites for hydroxylation is 1. The molecule has 0 bridgehead atoms. The second-order valence-corrected chi connectivity index (χ2v) is 5.79. The largest absolute Gasteiger partial charge is 0.475 e. The highest BCUT2D eigenvalue weighted by atomic mass is 35.5. The summed E-state index contributed by atoms with van der Waals surface area (Å²) in [6.45, 7) is 5.39. The Morgan fingerprint density at radius 2 is 1.86 bits per heavy atom. The van der Waals surface area contributed by atoms with Gasteiger partial charge in [0.25, 0.3) is 0 Å². The maximum atomic E-state index is 11.2. The summed E-state index contributed by atoms with van der Waals surface area (Å²) in [7, 11) is 0. The Bertz CT molecular complexity index is 608. The van der Waals surface area contributed by atoms with Gasteiger partial charge in [0.2, 0.25) is 0 Å². The highest BCUT2D eigenvalue weighted by Crippen LogP contribution is 2.45. The molecule has 1 aliphatic rings. The van der Waals surface area contributed by atoms with Crippen LogP contribution in [-0.4, -0.2) is 33.3 Å². The van der Waals surface area contributed by atoms with E-state index < -0.39 is 17.7 Å². The Morgan fingerprint density at radius 1 is 1.29 bits per heavy atom. The summed E-state index contributed by atoms with van der Waals surface area (Å²) in [6, 6.07) is 1.57. The van der Waals surface area contributed by atoms with E-state index in [0.717, 1.165) is 11.1 Å². The topological polar surface area (TPSA) is 93.1 Å². The molecular formula is C14H15ClO6. The van der Waals surface area contributed by atoms with Crippen LogP contribution in [0.5, 0.6) is 11.5 Å². The number of benzene rings is 1. The number of ether oxygens (including phenoxy) is 2. The van der Waals surface area contributed by atoms with E-state index in [4.69, 9.17) is 31.3 Å². The van der Waals surface area contributed by atoms with Crippen LogP contribution in [0.2, 0.25) is 0 Å². The lowest BCUT2D eigenvalue weighted by Gasteiger charge is -2.17. The van der Waals surface area contributed by atoms with Crippen molar-refractivity contribution in [1.82, 2.24) is 0 Å². The molecule has 0 saturated heterocycles. The van der Waals surface area contributed by atoms with Gasteiger partial charge in [-0.1, -0.05) is 0 Å². The van der Waals surface area contributed by atoms with Crippen LogP contribution >= 0.6 is 11.6 Å². The first-order valence-electron chi connectivity index (χ1n) is 6.31. The Labute approximate surface area is 126 Å². The zero-order valence-electron chi connectivity index (χ0n) is 11.8. The van der Waals surface area contributed by atoms with Crippen molar-refractivity contribution in [3.8, 4) is 11.5 Å². The van der Waals surface area contributed by atoms with Crippen molar-refractivity contribution in [2.45, 2.75) is 38.4 Å². The average molecular weight is 315 g/mol. The summed E-state index contributed by atoms with van der Waals surface area (Å²) in [4.78, 5) is 22.5. The molecular weight excluding hydrogens is 300 g/mol. The Hall–Kier alpha value is -1.95. The molecule has 1 atom stereocenters. The Kier molecular flexibility index (Phi) is 3.76. The van der Waals surface area contributed by atoms with Crippen LogP contribution in [0.1, 0.15) is 23.6 Å². The minimum absolute atomic E-state index is 0.112. The van der Waals surface area contributed by atoms with Gasteiger partial charge in [0.05, 0.1) is 0 Å². The van der Waals surface area contributed by atoms with Gasteiger partial charge in [0, 0.05) is 5.38 Å². The van der Waals surface area contributed by atoms with Gasteiger partial charge in [-0.2, -0.15) is 0 Å². The summed E-state index contributed by atoms with van der Waals surface area (Å²) in [5, 5.41) is 18.1. The van der Waals surface area contributed by atoms with Gasteiger partial charge in [-0.15, -0.1) is 11.6 Å². The predicted octanol–water partition coefficient (Wildman–Crippen LogP) is 2.11. The van der Waals surface area contributed by atoms with Crippen molar-refractivity contribution in [1.29, 1.82) is 0 Å². The van der Waals surface area contributed by atoms with Crippen molar-refractivity contribution in [3.05, 3.63) is 22.8 Å². The quantitative estimate of drug-likeness (QED) is 0.653. The molecule has 6 nitrogen and oxygen atoms in total. The van der Waals surface area contributed by atoms with Crippen molar-refractivity contribution < 1.29 is 29.3 Å². The first-order chi connectivity index (χ1) is 9.69. The molecule has 1 aromatic carbocycles. The summed E-state index contributed by atoms with van der Waals surface area (Å²) >= 11 is 6.00. The van der Waals surface area contributed by atoms with Crippen LogP contribution in [0.25, 0.3) is 0 Å². The van der Waals surface area contributed by atoms with Gasteiger partial charge in [-0.3, -0.25) is 0 Å². The number of aliphatic carboxylic acids is 2. The fourth-order valence-electron chi connectivity index (χ4n) is 2.35. The van der Waals surface area contributed by atoms with Crippen LogP contribution in [-0.2, 0) is 16.0 Å². The monoisotopic (exact) mass is 314 g/mol. The van der Waals surface area contributed by atoms with Gasteiger partial charge in [-0.05, 0) is 49.9 Å². The highest BCUT2D eigenvalue weighted by Gasteiger charge is 2.58. The van der Waals surface area contributed by atoms with E-state index in [0.29, 0.717) is 12.0 Å². The van der Waals surface area contributed by atoms with Crippen LogP contribution in [0, 0.1) is 13.8 Å². The maximum absolute atomic E-state index is 11.2. The van der Waals surface area contributed by atoms with Crippen molar-refractivity contribution in [2.24, 2.45) is 0 Å². The molecule has 0 fully saturated rings. The normalized spacial score (nSPS) is 16.6. The number of fused-ring (bicyclic) bond motifs is 1. The fraction of sp³-hybridized carbons (Fsp3) is 0.429. The molecule has 0 amide bonds. The number of carboxylic acids is 2. The third-order valence-electron chi connectivity index (χ3n) is 3.39. The Morgan fingerprint density at radius 3 is 2.33 bits per heavy atom. The average Bonchev–Trinajstić information content (AvgIpc) is 2.75. The molecule has 0 unspecified atom stereocenters. The number of carbonyl (C=O) groups is 2. The molecule has 1 aliphatic heterocycles. The van der Waals surface area contributed by atoms with Gasteiger partial charge >= 0.3 is 17.7 Å². The van der Waals surface area contributed by atoms with Crippen LogP contribution in [0.4, 0.5) is 0 Å². The van der Waals surface area contributed by atoms with Gasteiger partial charge < -0.3 is 19.7 Å². The summed E-state index contributed by atoms with van der Waals surface area (Å²) in [5.41, 5.74) is 2.38. The Balaban J connectivity index is 2.53. The van der Waals surface area contributed by atoms with Gasteiger partial charge in [0.1, 0.15) is 0 Å². The predicted molar refractivity (Wildman–Crippen MR) is 74.2 cm³/mol. The lowest BCUT2D eigenvalue weighted by atomic mass is 9.97. The number of alkyl halides is 1. The van der Waals surface area contributed by atoms with Crippen LogP contribution in [0.15, 0.2) is 6.07 Å². The molecule has 21 heavy (non-hydrogen) atoms. The SMILES string of the molecule is Cc1cc2c(c(C)c1C[C@H](C)Cl)OC(C(=O)O)(C(=O)O)O2. The first kappa shape index (κ1) is 15.4. The fourth-order valence-corrected chi connectivity index (χ4v) is 2.50. The van der Waals surface area contributed by atoms with Crippen LogP contribution in [0.3, 0.4) is 0 Å². The lowest BCUT2D eigenvalue weighted by molar-refractivity contribution is -0.194. The van der Waals surface area contributed by atoms with Crippen LogP contribution < -0.4 is 9.47 Å². The summed E-state index contributed by atoms with van der Waals surface area (Å²) in [6.07, 6.45) is 0.559. The third-order valence-corrected chi connectivity index (χ3v) is 3.54. The van der Waals surface area contributed by atoms with E-state index in [1.54, 1.807) is 13.0 Å². The number of hydrogen-bond donors (Lipinski definition) is 2. The molecule has 1 heterocycles. The van der Waals surface area contributed by atoms with Crippen molar-refractivity contribution >= 4 is 23.5 Å². The van der Waals surface area contributed by atoms with Gasteiger partial charge in [-0.25, -0.2) is 9.59 Å². The highest BCUT2D eigenvalue weighted by molar-refractivity contribution is 6.20. The number of hydrogen-bond acceptors (Lipinski definition) is 4. The van der Waals surface area contributed by atoms with E-state index in [-0.39, 0.29) is 16.9 Å². The van der Waals surface area contributed by atoms with E-state index in [1.165, 1.54) is 0 Å². The molecule has 0 aliphatic carbocycles. The summed E-state index contributed by atoms with van der Waals surface area (Å²) < 4.78 is 10.2. The molecule has 2 rings (SSSR count). The molecule has 114 valence electrons. The zero-order chi connectivity index (χ0) is 15.9. The number of halogens is 1. The smallest absolute Gasteiger partial charge is 0.453 e. The second kappa shape index (κ2) is 5.11. The molecule has 1 aromatic rings. The minimum atomic E-state index is -2.73.